The van der Waals surface area contributed by atoms with Gasteiger partial charge in [0.15, 0.2) is 0 Å². The summed E-state index contributed by atoms with van der Waals surface area (Å²) in [6.45, 7) is 0. The molecule has 0 spiro atoms. The highest BCUT2D eigenvalue weighted by molar-refractivity contribution is 6.26. The van der Waals surface area contributed by atoms with E-state index in [-0.39, 0.29) is 5.92 Å². The van der Waals surface area contributed by atoms with Crippen molar-refractivity contribution >= 4 is 59.8 Å². The molecule has 10 aromatic rings. The topological polar surface area (TPSA) is 30.2 Å². The molecular formula is C45H27N3. The molecule has 0 amide bonds. The highest BCUT2D eigenvalue weighted by Crippen LogP contribution is 2.52. The number of benzene rings is 7. The lowest BCUT2D eigenvalue weighted by Gasteiger charge is -2.20. The number of hydrogen-bond donors (Lipinski definition) is 0. The van der Waals surface area contributed by atoms with Crippen molar-refractivity contribution in [3.8, 4) is 33.5 Å². The number of fused-ring (bicyclic) bond motifs is 14. The Morgan fingerprint density at radius 3 is 2.10 bits per heavy atom. The minimum atomic E-state index is 0.0181. The van der Waals surface area contributed by atoms with Crippen LogP contribution in [-0.4, -0.2) is 14.4 Å². The van der Waals surface area contributed by atoms with Crippen LogP contribution < -0.4 is 0 Å². The van der Waals surface area contributed by atoms with Gasteiger partial charge >= 0.3 is 0 Å². The molecule has 3 aromatic heterocycles. The standard InChI is InChI=1S/C45H27N3/c1-2-11-26-23-34-27(22-25(26)10-1)20-21-33(45-46-37-17-9-16-30-28-12-3-4-14-31(28)43(47-45)41(30)37)40-35(34)24-36-29-13-5-7-18-38(29)48-39-19-8-6-15-32(39)42(40)44(36)48/h1-19,22-24,33H,20-21H2. The fraction of sp³-hybridized carbons (Fsp3) is 0.0667. The van der Waals surface area contributed by atoms with Gasteiger partial charge in [0.05, 0.1) is 27.8 Å². The van der Waals surface area contributed by atoms with Gasteiger partial charge in [-0.05, 0) is 87.3 Å². The third kappa shape index (κ3) is 3.05. The highest BCUT2D eigenvalue weighted by Gasteiger charge is 2.33. The van der Waals surface area contributed by atoms with Crippen molar-refractivity contribution in [3.05, 3.63) is 150 Å². The van der Waals surface area contributed by atoms with Crippen LogP contribution in [0, 0.1) is 0 Å². The van der Waals surface area contributed by atoms with Gasteiger partial charge < -0.3 is 4.40 Å². The highest BCUT2D eigenvalue weighted by atomic mass is 14.9. The second kappa shape index (κ2) is 8.84. The molecule has 1 unspecified atom stereocenters. The summed E-state index contributed by atoms with van der Waals surface area (Å²) in [5.74, 6) is 0.942. The average molecular weight is 610 g/mol. The minimum Gasteiger partial charge on any atom is -0.308 e. The molecular weight excluding hydrogens is 583 g/mol. The second-order valence-electron chi connectivity index (χ2n) is 13.6. The first kappa shape index (κ1) is 25.1. The molecule has 0 fully saturated rings. The minimum absolute atomic E-state index is 0.0181. The quantitative estimate of drug-likeness (QED) is 0.185. The van der Waals surface area contributed by atoms with E-state index in [1.807, 2.05) is 0 Å². The van der Waals surface area contributed by atoms with Gasteiger partial charge in [-0.25, -0.2) is 9.97 Å². The van der Waals surface area contributed by atoms with Crippen molar-refractivity contribution in [2.45, 2.75) is 18.8 Å². The Hall–Kier alpha value is -6.06. The van der Waals surface area contributed by atoms with Crippen LogP contribution in [0.4, 0.5) is 0 Å². The number of aromatic nitrogens is 3. The van der Waals surface area contributed by atoms with Crippen LogP contribution in [0.2, 0.25) is 0 Å². The fourth-order valence-corrected chi connectivity index (χ4v) is 9.28. The molecule has 2 aliphatic rings. The predicted molar refractivity (Wildman–Crippen MR) is 198 cm³/mol. The number of rotatable bonds is 1. The molecule has 0 saturated carbocycles. The zero-order chi connectivity index (χ0) is 31.1. The van der Waals surface area contributed by atoms with E-state index in [2.05, 4.69) is 138 Å². The largest absolute Gasteiger partial charge is 0.308 e. The molecule has 7 aromatic carbocycles. The number of para-hydroxylation sites is 2. The summed E-state index contributed by atoms with van der Waals surface area (Å²) in [5, 5.41) is 9.00. The van der Waals surface area contributed by atoms with E-state index in [9.17, 15) is 0 Å². The van der Waals surface area contributed by atoms with E-state index < -0.39 is 0 Å². The summed E-state index contributed by atoms with van der Waals surface area (Å²) in [4.78, 5) is 11.0. The summed E-state index contributed by atoms with van der Waals surface area (Å²) in [6.07, 6.45) is 1.89. The molecule has 12 rings (SSSR count). The van der Waals surface area contributed by atoms with Crippen LogP contribution in [0.5, 0.6) is 0 Å². The molecule has 1 atom stereocenters. The number of hydrogen-bond acceptors (Lipinski definition) is 2. The lowest BCUT2D eigenvalue weighted by molar-refractivity contribution is 0.689. The van der Waals surface area contributed by atoms with Crippen LogP contribution in [0.15, 0.2) is 133 Å². The molecule has 0 bridgehead atoms. The smallest absolute Gasteiger partial charge is 0.137 e. The van der Waals surface area contributed by atoms with Gasteiger partial charge in [0.25, 0.3) is 0 Å². The molecule has 3 nitrogen and oxygen atoms in total. The molecule has 0 saturated heterocycles. The van der Waals surface area contributed by atoms with Crippen molar-refractivity contribution in [1.29, 1.82) is 0 Å². The Labute approximate surface area is 276 Å². The van der Waals surface area contributed by atoms with Crippen LogP contribution in [0.3, 0.4) is 0 Å². The van der Waals surface area contributed by atoms with Gasteiger partial charge in [0, 0.05) is 38.4 Å². The van der Waals surface area contributed by atoms with Crippen molar-refractivity contribution < 1.29 is 0 Å². The Morgan fingerprint density at radius 1 is 0.521 bits per heavy atom. The first-order chi connectivity index (χ1) is 23.8. The average Bonchev–Trinajstić information content (AvgIpc) is 3.73. The van der Waals surface area contributed by atoms with Crippen molar-refractivity contribution in [3.63, 3.8) is 0 Å². The summed E-state index contributed by atoms with van der Waals surface area (Å²) in [7, 11) is 0. The normalized spacial score (nSPS) is 15.1. The Kier molecular flexibility index (Phi) is 4.62. The molecule has 0 N–H and O–H groups in total. The molecule has 3 heteroatoms. The maximum atomic E-state index is 5.55. The summed E-state index contributed by atoms with van der Waals surface area (Å²) in [5.41, 5.74) is 15.0. The van der Waals surface area contributed by atoms with Gasteiger partial charge in [-0.2, -0.15) is 0 Å². The molecule has 48 heavy (non-hydrogen) atoms. The third-order valence-electron chi connectivity index (χ3n) is 11.3. The van der Waals surface area contributed by atoms with Gasteiger partial charge in [0.1, 0.15) is 5.82 Å². The monoisotopic (exact) mass is 609 g/mol. The molecule has 2 aliphatic carbocycles. The van der Waals surface area contributed by atoms with Crippen LogP contribution >= 0.6 is 0 Å². The number of nitrogens with zero attached hydrogens (tertiary/aromatic N) is 3. The van der Waals surface area contributed by atoms with E-state index in [4.69, 9.17) is 9.97 Å². The van der Waals surface area contributed by atoms with Gasteiger partial charge in [-0.1, -0.05) is 103 Å². The molecule has 3 heterocycles. The Morgan fingerprint density at radius 2 is 1.23 bits per heavy atom. The maximum Gasteiger partial charge on any atom is 0.137 e. The number of aryl methyl sites for hydroxylation is 1. The zero-order valence-electron chi connectivity index (χ0n) is 26.0. The van der Waals surface area contributed by atoms with E-state index in [1.165, 1.54) is 93.2 Å². The lowest BCUT2D eigenvalue weighted by atomic mass is 9.85. The van der Waals surface area contributed by atoms with E-state index in [0.717, 1.165) is 29.9 Å². The Balaban J connectivity index is 1.26. The Bertz CT molecular complexity index is 3020. The van der Waals surface area contributed by atoms with Crippen LogP contribution in [0.1, 0.15) is 29.3 Å². The summed E-state index contributed by atoms with van der Waals surface area (Å²) >= 11 is 0. The lowest BCUT2D eigenvalue weighted by Crippen LogP contribution is -2.09. The zero-order valence-corrected chi connectivity index (χ0v) is 26.0. The van der Waals surface area contributed by atoms with E-state index >= 15 is 0 Å². The van der Waals surface area contributed by atoms with E-state index in [0.29, 0.717) is 0 Å². The summed E-state index contributed by atoms with van der Waals surface area (Å²) < 4.78 is 2.50. The summed E-state index contributed by atoms with van der Waals surface area (Å²) in [6, 6.07) is 49.3. The van der Waals surface area contributed by atoms with Crippen molar-refractivity contribution in [2.75, 3.05) is 0 Å². The van der Waals surface area contributed by atoms with E-state index in [1.54, 1.807) is 0 Å². The first-order valence-electron chi connectivity index (χ1n) is 16.9. The van der Waals surface area contributed by atoms with Gasteiger partial charge in [-0.15, -0.1) is 0 Å². The first-order valence-corrected chi connectivity index (χ1v) is 16.9. The molecule has 0 aliphatic heterocycles. The molecule has 222 valence electrons. The van der Waals surface area contributed by atoms with Crippen molar-refractivity contribution in [2.24, 2.45) is 0 Å². The second-order valence-corrected chi connectivity index (χ2v) is 13.6. The van der Waals surface area contributed by atoms with Gasteiger partial charge in [-0.3, -0.25) is 0 Å². The van der Waals surface area contributed by atoms with Gasteiger partial charge in [0.2, 0.25) is 0 Å². The molecule has 0 radical (unpaired) electrons. The van der Waals surface area contributed by atoms with Crippen LogP contribution in [-0.2, 0) is 6.42 Å². The van der Waals surface area contributed by atoms with Crippen LogP contribution in [0.25, 0.3) is 93.3 Å². The predicted octanol–water partition coefficient (Wildman–Crippen LogP) is 11.3. The third-order valence-corrected chi connectivity index (χ3v) is 11.3. The van der Waals surface area contributed by atoms with Crippen molar-refractivity contribution in [1.82, 2.24) is 14.4 Å². The maximum absolute atomic E-state index is 5.55. The fourth-order valence-electron chi connectivity index (χ4n) is 9.28. The SMILES string of the molecule is c1ccc2c(c1)-c1cccc3nc(C4CCc5cc6ccccc6cc5-c5cc6c7ccccc7n7c8ccccc8c(c54)c67)nc-2c13.